The average Bonchev–Trinajstić information content (AvgIpc) is 1.42. The third-order valence-electron chi connectivity index (χ3n) is 22.7. The van der Waals surface area contributed by atoms with Gasteiger partial charge in [0.2, 0.25) is 0 Å². The maximum Gasteiger partial charge on any atom is 0.340 e. The zero-order valence-electron chi connectivity index (χ0n) is 73.8. The normalized spacial score (nSPS) is 14.5. The lowest BCUT2D eigenvalue weighted by atomic mass is 9.76. The van der Waals surface area contributed by atoms with Crippen molar-refractivity contribution in [3.8, 4) is 69.0 Å². The van der Waals surface area contributed by atoms with Gasteiger partial charge in [-0.2, -0.15) is 0 Å². The molecule has 21 heteroatoms. The minimum atomic E-state index is -1.17. The Hall–Kier alpha value is -15.6. The van der Waals surface area contributed by atoms with E-state index in [-0.39, 0.29) is 59.5 Å². The van der Waals surface area contributed by atoms with Gasteiger partial charge in [-0.15, -0.1) is 0 Å². The molecule has 0 aliphatic carbocycles. The lowest BCUT2D eigenvalue weighted by molar-refractivity contribution is -0.138. The zero-order valence-corrected chi connectivity index (χ0v) is 73.8. The highest BCUT2D eigenvalue weighted by atomic mass is 16.6. The summed E-state index contributed by atoms with van der Waals surface area (Å²) in [6.45, 7) is 24.9. The molecule has 21 nitrogen and oxygen atoms in total. The SMILES string of the molecule is CC.CC.CC.CC(C)c1ccc(C(=O)OC2COC(=O)C2)c2ccccc12.CC(C)c1ccc2cc(C(=O)O)ccc2c1.CCC.O=C1OC2(c3ccc(O)cc3Oc3cc(O)ccc32)c2ccccc21.O=C1OC2(c3ccc(O)cc3Oc3cc(O)ccc32)c2ccccc21.O=C1OC2(c3ccccc31)c1ccc3cc(O)ccc3c1Oc1c2ccc2cc(O)ccc12. The number of hydrogen-bond donors (Lipinski definition) is 7. The van der Waals surface area contributed by atoms with Crippen molar-refractivity contribution in [3.63, 3.8) is 0 Å². The highest BCUT2D eigenvalue weighted by molar-refractivity contribution is 6.07. The fourth-order valence-electron chi connectivity index (χ4n) is 17.1. The van der Waals surface area contributed by atoms with E-state index in [0.29, 0.717) is 108 Å². The van der Waals surface area contributed by atoms with Gasteiger partial charge in [0.25, 0.3) is 0 Å². The van der Waals surface area contributed by atoms with E-state index < -0.39 is 46.8 Å². The summed E-state index contributed by atoms with van der Waals surface area (Å²) in [7, 11) is 0. The van der Waals surface area contributed by atoms with Crippen LogP contribution in [0, 0.1) is 0 Å². The number of ether oxygens (including phenoxy) is 8. The second-order valence-corrected chi connectivity index (χ2v) is 31.4. The van der Waals surface area contributed by atoms with E-state index in [9.17, 15) is 59.4 Å². The van der Waals surface area contributed by atoms with Crippen molar-refractivity contribution in [1.82, 2.24) is 0 Å². The number of carboxylic acid groups (broad SMARTS) is 1. The van der Waals surface area contributed by atoms with E-state index in [0.717, 1.165) is 59.8 Å². The number of phenolic OH excluding ortho intramolecular Hbond substituents is 6. The molecule has 660 valence electrons. The first-order valence-corrected chi connectivity index (χ1v) is 43.3. The number of esters is 5. The third kappa shape index (κ3) is 16.6. The first-order valence-electron chi connectivity index (χ1n) is 43.3. The Morgan fingerprint density at radius 3 is 1.13 bits per heavy atom. The largest absolute Gasteiger partial charge is 0.508 e. The van der Waals surface area contributed by atoms with E-state index in [1.807, 2.05) is 163 Å². The van der Waals surface area contributed by atoms with Gasteiger partial charge < -0.3 is 73.6 Å². The molecule has 7 aliphatic rings. The van der Waals surface area contributed by atoms with E-state index in [1.54, 1.807) is 97.1 Å². The standard InChI is InChI=1S/C28H16O5.2C20H12O5.C18H18O4.C14H14O2.C3H8.3C2H6/c29-17-7-9-19-15(13-17)5-11-23-25(19)32-26-20-10-8-18(30)14-16(20)6-12-24(26)28(23)22-4-2-1-3-21(22)27(31)33-28;2*21-11-5-7-15-17(9-11)24-18-10-12(22)6-8-16(18)20(15)14-4-2-1-3-13(14)19(23)25-20;1-11(2)13-7-8-16(15-6-4-3-5-14(13)15)18(20)22-12-9-17(19)21-10-12;1-9(2)10-3-4-12-8-13(14(15)16)6-5-11(12)7-10;1-3-2;3*1-2/h1-14,29-30H;2*1-10,21-22H;3-8,11-12H,9-10H2,1-2H3;3-9H,1-2H3,(H,15,16);3H2,1-2H3;3*1-2H3. The predicted octanol–water partition coefficient (Wildman–Crippen LogP) is 24.9. The summed E-state index contributed by atoms with van der Waals surface area (Å²) < 4.78 is 46.6. The molecule has 1 saturated heterocycles. The first-order chi connectivity index (χ1) is 62.8. The molecule has 15 aromatic rings. The second-order valence-electron chi connectivity index (χ2n) is 31.4. The fraction of sp³-hybridized carbons (Fsp3) is 0.193. The van der Waals surface area contributed by atoms with Crippen LogP contribution in [0.4, 0.5) is 0 Å². The van der Waals surface area contributed by atoms with Crippen molar-refractivity contribution in [2.24, 2.45) is 0 Å². The molecule has 22 rings (SSSR count). The van der Waals surface area contributed by atoms with Crippen LogP contribution in [0.15, 0.2) is 279 Å². The van der Waals surface area contributed by atoms with Gasteiger partial charge in [-0.05, 0) is 189 Å². The number of aromatic carboxylic acids is 1. The summed E-state index contributed by atoms with van der Waals surface area (Å²) in [5, 5.41) is 75.4. The Labute approximate surface area is 751 Å². The molecule has 1 unspecified atom stereocenters. The van der Waals surface area contributed by atoms with Crippen LogP contribution in [-0.2, 0) is 45.3 Å². The van der Waals surface area contributed by atoms with Crippen LogP contribution in [0.3, 0.4) is 0 Å². The number of carbonyl (C=O) groups is 6. The Kier molecular flexibility index (Phi) is 26.4. The molecule has 7 N–H and O–H groups in total. The van der Waals surface area contributed by atoms with E-state index in [2.05, 4.69) is 53.7 Å². The van der Waals surface area contributed by atoms with Crippen molar-refractivity contribution >= 4 is 78.9 Å². The molecule has 1 atom stereocenters. The summed E-state index contributed by atoms with van der Waals surface area (Å²) >= 11 is 0. The van der Waals surface area contributed by atoms with Gasteiger partial charge in [0.1, 0.15) is 81.7 Å². The summed E-state index contributed by atoms with van der Waals surface area (Å²) in [4.78, 5) is 72.4. The van der Waals surface area contributed by atoms with Gasteiger partial charge in [0, 0.05) is 85.1 Å². The lowest BCUT2D eigenvalue weighted by Crippen LogP contribution is -2.33. The number of cyclic esters (lactones) is 1. The molecule has 0 aromatic heterocycles. The summed E-state index contributed by atoms with van der Waals surface area (Å²) in [6.07, 6.45) is 0.900. The number of rotatable bonds is 5. The van der Waals surface area contributed by atoms with Gasteiger partial charge >= 0.3 is 35.8 Å². The second kappa shape index (κ2) is 37.9. The van der Waals surface area contributed by atoms with Crippen molar-refractivity contribution in [1.29, 1.82) is 0 Å². The highest BCUT2D eigenvalue weighted by Gasteiger charge is 2.57. The maximum atomic E-state index is 13.0. The quantitative estimate of drug-likeness (QED) is 0.0622. The minimum absolute atomic E-state index is 0.0371. The van der Waals surface area contributed by atoms with Crippen LogP contribution in [0.2, 0.25) is 0 Å². The maximum absolute atomic E-state index is 13.0. The van der Waals surface area contributed by atoms with Crippen LogP contribution < -0.4 is 14.2 Å². The van der Waals surface area contributed by atoms with E-state index in [4.69, 9.17) is 43.0 Å². The molecule has 7 heterocycles. The van der Waals surface area contributed by atoms with Crippen LogP contribution in [0.25, 0.3) is 43.1 Å². The molecule has 7 aliphatic heterocycles. The zero-order chi connectivity index (χ0) is 92.8. The van der Waals surface area contributed by atoms with Crippen molar-refractivity contribution in [3.05, 3.63) is 368 Å². The van der Waals surface area contributed by atoms with Gasteiger partial charge in [0.15, 0.2) is 16.8 Å². The summed E-state index contributed by atoms with van der Waals surface area (Å²) in [5.74, 6) is 1.15. The molecule has 0 bridgehead atoms. The Morgan fingerprint density at radius 2 is 0.731 bits per heavy atom. The van der Waals surface area contributed by atoms with Crippen LogP contribution in [-0.4, -0.2) is 84.3 Å². The Morgan fingerprint density at radius 1 is 0.369 bits per heavy atom. The molecule has 15 aromatic carbocycles. The van der Waals surface area contributed by atoms with Crippen LogP contribution in [0.5, 0.6) is 69.0 Å². The number of fused-ring (bicyclic) bond motifs is 24. The number of carboxylic acids is 1. The van der Waals surface area contributed by atoms with Gasteiger partial charge in [0.05, 0.1) is 34.2 Å². The average molecular weight is 1740 g/mol. The first kappa shape index (κ1) is 90.6. The van der Waals surface area contributed by atoms with Gasteiger partial charge in [-0.25, -0.2) is 24.0 Å². The molecular formula is C109H98O21. The van der Waals surface area contributed by atoms with Gasteiger partial charge in [-0.3, -0.25) is 4.79 Å². The fourth-order valence-corrected chi connectivity index (χ4v) is 17.1. The molecule has 0 amide bonds. The van der Waals surface area contributed by atoms with E-state index in [1.165, 1.54) is 66.1 Å². The molecular weight excluding hydrogens is 1650 g/mol. The molecule has 3 spiro atoms. The summed E-state index contributed by atoms with van der Waals surface area (Å²) in [5.41, 5.74) is 7.47. The Balaban J connectivity index is 0.000000130. The minimum Gasteiger partial charge on any atom is -0.508 e. The van der Waals surface area contributed by atoms with Gasteiger partial charge in [-0.1, -0.05) is 211 Å². The number of benzene rings is 15. The highest BCUT2D eigenvalue weighted by Crippen LogP contribution is 2.62. The molecule has 0 saturated carbocycles. The van der Waals surface area contributed by atoms with Crippen molar-refractivity contribution in [2.75, 3.05) is 6.61 Å². The number of phenols is 6. The van der Waals surface area contributed by atoms with E-state index >= 15 is 0 Å². The lowest BCUT2D eigenvalue weighted by Gasteiger charge is -2.37. The van der Waals surface area contributed by atoms with Crippen LogP contribution >= 0.6 is 0 Å². The monoisotopic (exact) mass is 1740 g/mol. The topological polar surface area (TPSA) is 318 Å². The molecule has 0 radical (unpaired) electrons. The number of aromatic hydroxyl groups is 6. The predicted molar refractivity (Wildman–Crippen MR) is 497 cm³/mol. The number of hydrogen-bond acceptors (Lipinski definition) is 20. The third-order valence-corrected chi connectivity index (χ3v) is 22.7. The Bertz CT molecular complexity index is 6560. The number of carbonyl (C=O) groups excluding carboxylic acids is 5. The summed E-state index contributed by atoms with van der Waals surface area (Å²) in [6, 6.07) is 81.4. The van der Waals surface area contributed by atoms with Crippen LogP contribution in [0.1, 0.15) is 221 Å². The molecule has 130 heavy (non-hydrogen) atoms. The molecule has 1 fully saturated rings. The smallest absolute Gasteiger partial charge is 0.340 e. The van der Waals surface area contributed by atoms with Crippen molar-refractivity contribution < 1.29 is 102 Å². The van der Waals surface area contributed by atoms with Crippen molar-refractivity contribution in [2.45, 2.75) is 131 Å².